The van der Waals surface area contributed by atoms with Crippen LogP contribution in [0.4, 0.5) is 0 Å². The molecule has 1 fully saturated rings. The lowest BCUT2D eigenvalue weighted by Gasteiger charge is -2.04. The number of rotatable bonds is 1. The van der Waals surface area contributed by atoms with Crippen molar-refractivity contribution in [3.05, 3.63) is 16.1 Å². The largest absolute Gasteiger partial charge is 0.309 e. The zero-order valence-corrected chi connectivity index (χ0v) is 8.32. The Morgan fingerprint density at radius 1 is 1.67 bits per heavy atom. The molecule has 1 aliphatic rings. The van der Waals surface area contributed by atoms with Gasteiger partial charge in [-0.05, 0) is 25.8 Å². The number of hydrogen-bond acceptors (Lipinski definition) is 3. The first-order valence-electron chi connectivity index (χ1n) is 4.41. The van der Waals surface area contributed by atoms with Gasteiger partial charge < -0.3 is 5.32 Å². The van der Waals surface area contributed by atoms with Crippen LogP contribution < -0.4 is 5.32 Å². The molecule has 2 nitrogen and oxygen atoms in total. The second-order valence-corrected chi connectivity index (χ2v) is 4.85. The molecule has 12 heavy (non-hydrogen) atoms. The first-order chi connectivity index (χ1) is 5.75. The fraction of sp³-hybridized carbons (Fsp3) is 0.667. The van der Waals surface area contributed by atoms with E-state index in [0.717, 1.165) is 12.5 Å². The Labute approximate surface area is 77.0 Å². The van der Waals surface area contributed by atoms with E-state index in [0.29, 0.717) is 6.04 Å². The number of hydrogen-bond donors (Lipinski definition) is 1. The zero-order chi connectivity index (χ0) is 8.55. The number of aromatic nitrogens is 1. The first kappa shape index (κ1) is 8.20. The maximum Gasteiger partial charge on any atom is 0.0897 e. The quantitative estimate of drug-likeness (QED) is 0.719. The summed E-state index contributed by atoms with van der Waals surface area (Å²) in [4.78, 5) is 5.66. The van der Waals surface area contributed by atoms with Crippen LogP contribution in [0, 0.1) is 12.8 Å². The molecule has 1 N–H and O–H groups in total. The van der Waals surface area contributed by atoms with Crippen molar-refractivity contribution in [2.75, 3.05) is 6.54 Å². The summed E-state index contributed by atoms with van der Waals surface area (Å²) < 4.78 is 0. The second-order valence-electron chi connectivity index (χ2n) is 3.58. The molecule has 0 aromatic carbocycles. The van der Waals surface area contributed by atoms with Gasteiger partial charge in [-0.1, -0.05) is 6.92 Å². The van der Waals surface area contributed by atoms with Gasteiger partial charge in [0.2, 0.25) is 0 Å². The molecule has 2 atom stereocenters. The monoisotopic (exact) mass is 182 g/mol. The molecule has 1 aromatic heterocycles. The summed E-state index contributed by atoms with van der Waals surface area (Å²) in [5, 5.41) is 4.68. The highest BCUT2D eigenvalue weighted by Gasteiger charge is 2.23. The maximum absolute atomic E-state index is 4.26. The van der Waals surface area contributed by atoms with E-state index in [1.807, 2.05) is 17.5 Å². The van der Waals surface area contributed by atoms with Gasteiger partial charge in [0.25, 0.3) is 0 Å². The van der Waals surface area contributed by atoms with Crippen LogP contribution in [0.25, 0.3) is 0 Å². The molecule has 3 heteroatoms. The van der Waals surface area contributed by atoms with Crippen molar-refractivity contribution < 1.29 is 0 Å². The summed E-state index contributed by atoms with van der Waals surface area (Å²) in [5.41, 5.74) is 0. The molecular formula is C9H14N2S. The normalized spacial score (nSPS) is 29.5. The van der Waals surface area contributed by atoms with Crippen LogP contribution in [0.5, 0.6) is 0 Å². The molecule has 0 bridgehead atoms. The average Bonchev–Trinajstić information content (AvgIpc) is 2.58. The van der Waals surface area contributed by atoms with Crippen LogP contribution in [0.15, 0.2) is 6.20 Å². The lowest BCUT2D eigenvalue weighted by Crippen LogP contribution is -2.12. The van der Waals surface area contributed by atoms with Crippen LogP contribution >= 0.6 is 11.3 Å². The second kappa shape index (κ2) is 3.15. The lowest BCUT2D eigenvalue weighted by molar-refractivity contribution is 0.618. The number of aryl methyl sites for hydroxylation is 1. The predicted molar refractivity (Wildman–Crippen MR) is 51.4 cm³/mol. The van der Waals surface area contributed by atoms with Crippen molar-refractivity contribution in [2.24, 2.45) is 5.92 Å². The van der Waals surface area contributed by atoms with Crippen LogP contribution in [0.3, 0.4) is 0 Å². The molecule has 0 radical (unpaired) electrons. The van der Waals surface area contributed by atoms with Crippen LogP contribution in [-0.4, -0.2) is 11.5 Å². The summed E-state index contributed by atoms with van der Waals surface area (Å²) in [6.07, 6.45) is 3.28. The predicted octanol–water partition coefficient (Wildman–Crippen LogP) is 2.12. The van der Waals surface area contributed by atoms with Crippen molar-refractivity contribution in [1.29, 1.82) is 0 Å². The van der Waals surface area contributed by atoms with Crippen LogP contribution in [0.2, 0.25) is 0 Å². The highest BCUT2D eigenvalue weighted by Crippen LogP contribution is 2.29. The molecule has 2 unspecified atom stereocenters. The van der Waals surface area contributed by atoms with Crippen LogP contribution in [-0.2, 0) is 0 Å². The Hall–Kier alpha value is -0.410. The maximum atomic E-state index is 4.26. The van der Waals surface area contributed by atoms with Crippen molar-refractivity contribution in [1.82, 2.24) is 10.3 Å². The van der Waals surface area contributed by atoms with E-state index in [4.69, 9.17) is 0 Å². The first-order valence-corrected chi connectivity index (χ1v) is 5.23. The molecule has 0 spiro atoms. The number of nitrogens with zero attached hydrogens (tertiary/aromatic N) is 1. The van der Waals surface area contributed by atoms with E-state index in [2.05, 4.69) is 24.1 Å². The third-order valence-corrected chi connectivity index (χ3v) is 3.36. The SMILES string of the molecule is Cc1ncc(C2CC(C)CN2)s1. The topological polar surface area (TPSA) is 24.9 Å². The molecule has 0 amide bonds. The van der Waals surface area contributed by atoms with E-state index >= 15 is 0 Å². The summed E-state index contributed by atoms with van der Waals surface area (Å²) in [7, 11) is 0. The Morgan fingerprint density at radius 2 is 2.50 bits per heavy atom. The standard InChI is InChI=1S/C9H14N2S/c1-6-3-8(11-4-6)9-5-10-7(2)12-9/h5-6,8,11H,3-4H2,1-2H3. The van der Waals surface area contributed by atoms with Crippen molar-refractivity contribution in [2.45, 2.75) is 26.3 Å². The molecule has 2 heterocycles. The van der Waals surface area contributed by atoms with E-state index in [1.165, 1.54) is 16.3 Å². The highest BCUT2D eigenvalue weighted by molar-refractivity contribution is 7.11. The zero-order valence-electron chi connectivity index (χ0n) is 7.50. The highest BCUT2D eigenvalue weighted by atomic mass is 32.1. The fourth-order valence-electron chi connectivity index (χ4n) is 1.67. The van der Waals surface area contributed by atoms with E-state index in [9.17, 15) is 0 Å². The Balaban J connectivity index is 2.11. The van der Waals surface area contributed by atoms with E-state index in [1.54, 1.807) is 0 Å². The van der Waals surface area contributed by atoms with Gasteiger partial charge in [-0.3, -0.25) is 0 Å². The van der Waals surface area contributed by atoms with Gasteiger partial charge in [0.05, 0.1) is 5.01 Å². The van der Waals surface area contributed by atoms with Gasteiger partial charge in [-0.25, -0.2) is 4.98 Å². The fourth-order valence-corrected chi connectivity index (χ4v) is 2.54. The minimum Gasteiger partial charge on any atom is -0.309 e. The summed E-state index contributed by atoms with van der Waals surface area (Å²) in [6, 6.07) is 0.575. The van der Waals surface area contributed by atoms with Gasteiger partial charge >= 0.3 is 0 Å². The minimum absolute atomic E-state index is 0.575. The molecule has 0 saturated carbocycles. The average molecular weight is 182 g/mol. The van der Waals surface area contributed by atoms with E-state index < -0.39 is 0 Å². The van der Waals surface area contributed by atoms with Crippen molar-refractivity contribution in [3.63, 3.8) is 0 Å². The molecule has 66 valence electrons. The lowest BCUT2D eigenvalue weighted by atomic mass is 10.1. The molecule has 0 aliphatic carbocycles. The molecular weight excluding hydrogens is 168 g/mol. The number of nitrogens with one attached hydrogen (secondary N) is 1. The third kappa shape index (κ3) is 1.52. The van der Waals surface area contributed by atoms with Gasteiger partial charge in [0.15, 0.2) is 0 Å². The summed E-state index contributed by atoms with van der Waals surface area (Å²) in [6.45, 7) is 5.51. The Morgan fingerprint density at radius 3 is 3.00 bits per heavy atom. The van der Waals surface area contributed by atoms with Crippen LogP contribution in [0.1, 0.15) is 29.3 Å². The van der Waals surface area contributed by atoms with Crippen molar-refractivity contribution >= 4 is 11.3 Å². The molecule has 1 aromatic rings. The number of thiazole rings is 1. The van der Waals surface area contributed by atoms with Gasteiger partial charge in [-0.15, -0.1) is 11.3 Å². The van der Waals surface area contributed by atoms with Crippen molar-refractivity contribution in [3.8, 4) is 0 Å². The molecule has 2 rings (SSSR count). The minimum atomic E-state index is 0.575. The Kier molecular flexibility index (Phi) is 2.15. The third-order valence-electron chi connectivity index (χ3n) is 2.33. The summed E-state index contributed by atoms with van der Waals surface area (Å²) >= 11 is 1.81. The summed E-state index contributed by atoms with van der Waals surface area (Å²) in [5.74, 6) is 0.817. The van der Waals surface area contributed by atoms with E-state index in [-0.39, 0.29) is 0 Å². The smallest absolute Gasteiger partial charge is 0.0897 e. The van der Waals surface area contributed by atoms with Gasteiger partial charge in [0.1, 0.15) is 0 Å². The van der Waals surface area contributed by atoms with Gasteiger partial charge in [-0.2, -0.15) is 0 Å². The molecule has 1 saturated heterocycles. The molecule has 1 aliphatic heterocycles. The Bertz CT molecular complexity index is 269. The van der Waals surface area contributed by atoms with Gasteiger partial charge in [0, 0.05) is 17.1 Å².